The van der Waals surface area contributed by atoms with Gasteiger partial charge in [-0.05, 0) is 5.56 Å². The number of halogens is 1. The summed E-state index contributed by atoms with van der Waals surface area (Å²) in [6, 6.07) is 9.95. The van der Waals surface area contributed by atoms with E-state index in [9.17, 15) is 14.0 Å². The van der Waals surface area contributed by atoms with Crippen LogP contribution in [0.1, 0.15) is 15.9 Å². The van der Waals surface area contributed by atoms with E-state index in [1.54, 1.807) is 12.1 Å². The van der Waals surface area contributed by atoms with E-state index in [1.165, 1.54) is 7.11 Å². The molecule has 0 aliphatic heterocycles. The second kappa shape index (κ2) is 7.16. The van der Waals surface area contributed by atoms with Crippen LogP contribution in [0.25, 0.3) is 0 Å². The monoisotopic (exact) mass is 304 g/mol. The molecule has 22 heavy (non-hydrogen) atoms. The minimum atomic E-state index is -0.842. The molecule has 6 nitrogen and oxygen atoms in total. The van der Waals surface area contributed by atoms with Crippen LogP contribution in [-0.2, 0) is 16.1 Å². The smallest absolute Gasteiger partial charge is 0.411 e. The third kappa shape index (κ3) is 4.02. The molecule has 2 rings (SSSR count). The highest BCUT2D eigenvalue weighted by molar-refractivity contribution is 5.99. The summed E-state index contributed by atoms with van der Waals surface area (Å²) >= 11 is 0. The SMILES string of the molecule is COC(=O)c1cnc(F)cc1NC(=O)OCc1ccccc1. The van der Waals surface area contributed by atoms with Crippen LogP contribution in [0.15, 0.2) is 42.6 Å². The van der Waals surface area contributed by atoms with E-state index < -0.39 is 18.0 Å². The minimum absolute atomic E-state index is 0.0494. The van der Waals surface area contributed by atoms with Crippen molar-refractivity contribution in [2.45, 2.75) is 6.61 Å². The second-order valence-electron chi connectivity index (χ2n) is 4.23. The molecule has 1 N–H and O–H groups in total. The van der Waals surface area contributed by atoms with Crippen LogP contribution in [0.4, 0.5) is 14.9 Å². The molecule has 1 heterocycles. The van der Waals surface area contributed by atoms with E-state index in [-0.39, 0.29) is 17.9 Å². The number of nitrogens with zero attached hydrogens (tertiary/aromatic N) is 1. The van der Waals surface area contributed by atoms with Gasteiger partial charge in [-0.3, -0.25) is 5.32 Å². The summed E-state index contributed by atoms with van der Waals surface area (Å²) in [5.41, 5.74) is 0.657. The lowest BCUT2D eigenvalue weighted by Gasteiger charge is -2.10. The molecule has 1 amide bonds. The van der Waals surface area contributed by atoms with Crippen LogP contribution in [0, 0.1) is 5.95 Å². The average molecular weight is 304 g/mol. The number of aromatic nitrogens is 1. The topological polar surface area (TPSA) is 77.5 Å². The molecule has 114 valence electrons. The van der Waals surface area contributed by atoms with Gasteiger partial charge in [-0.2, -0.15) is 4.39 Å². The van der Waals surface area contributed by atoms with Crippen molar-refractivity contribution >= 4 is 17.7 Å². The van der Waals surface area contributed by atoms with Gasteiger partial charge in [-0.15, -0.1) is 0 Å². The highest BCUT2D eigenvalue weighted by atomic mass is 19.1. The van der Waals surface area contributed by atoms with Crippen molar-refractivity contribution in [1.29, 1.82) is 0 Å². The van der Waals surface area contributed by atoms with Crippen LogP contribution >= 0.6 is 0 Å². The first-order valence-corrected chi connectivity index (χ1v) is 6.31. The standard InChI is InChI=1S/C15H13FN2O4/c1-21-14(19)11-8-17-13(16)7-12(11)18-15(20)22-9-10-5-3-2-4-6-10/h2-8H,9H2,1H3,(H,17,18,20). The zero-order valence-corrected chi connectivity index (χ0v) is 11.7. The molecular weight excluding hydrogens is 291 g/mol. The number of carbonyl (C=O) groups excluding carboxylic acids is 2. The fraction of sp³-hybridized carbons (Fsp3) is 0.133. The lowest BCUT2D eigenvalue weighted by Crippen LogP contribution is -2.17. The Hall–Kier alpha value is -2.96. The second-order valence-corrected chi connectivity index (χ2v) is 4.23. The molecule has 7 heteroatoms. The number of benzene rings is 1. The van der Waals surface area contributed by atoms with E-state index in [0.717, 1.165) is 17.8 Å². The number of amides is 1. The van der Waals surface area contributed by atoms with Crippen molar-refractivity contribution in [1.82, 2.24) is 4.98 Å². The molecule has 0 aliphatic carbocycles. The van der Waals surface area contributed by atoms with Crippen molar-refractivity contribution in [3.05, 3.63) is 59.7 Å². The number of ether oxygens (including phenoxy) is 2. The van der Waals surface area contributed by atoms with Crippen LogP contribution in [0.2, 0.25) is 0 Å². The number of rotatable bonds is 4. The molecule has 0 atom stereocenters. The number of anilines is 1. The number of pyridine rings is 1. The van der Waals surface area contributed by atoms with Gasteiger partial charge in [0.25, 0.3) is 0 Å². The van der Waals surface area contributed by atoms with E-state index in [1.807, 2.05) is 18.2 Å². The first-order chi connectivity index (χ1) is 10.6. The van der Waals surface area contributed by atoms with Gasteiger partial charge < -0.3 is 9.47 Å². The maximum absolute atomic E-state index is 13.2. The summed E-state index contributed by atoms with van der Waals surface area (Å²) in [5, 5.41) is 2.29. The van der Waals surface area contributed by atoms with Crippen LogP contribution in [-0.4, -0.2) is 24.2 Å². The third-order valence-electron chi connectivity index (χ3n) is 2.73. The molecule has 0 bridgehead atoms. The minimum Gasteiger partial charge on any atom is -0.465 e. The largest absolute Gasteiger partial charge is 0.465 e. The first kappa shape index (κ1) is 15.4. The van der Waals surface area contributed by atoms with Crippen LogP contribution in [0.5, 0.6) is 0 Å². The molecule has 0 fully saturated rings. The Bertz CT molecular complexity index is 676. The van der Waals surface area contributed by atoms with Gasteiger partial charge in [0.2, 0.25) is 5.95 Å². The summed E-state index contributed by atoms with van der Waals surface area (Å²) < 4.78 is 22.7. The molecule has 0 spiro atoms. The zero-order chi connectivity index (χ0) is 15.9. The number of nitrogens with one attached hydrogen (secondary N) is 1. The van der Waals surface area contributed by atoms with E-state index in [0.29, 0.717) is 0 Å². The lowest BCUT2D eigenvalue weighted by molar-refractivity contribution is 0.0601. The van der Waals surface area contributed by atoms with Gasteiger partial charge in [0.1, 0.15) is 12.2 Å². The van der Waals surface area contributed by atoms with Gasteiger partial charge in [0, 0.05) is 12.3 Å². The fourth-order valence-electron chi connectivity index (χ4n) is 1.68. The van der Waals surface area contributed by atoms with Crippen molar-refractivity contribution in [2.24, 2.45) is 0 Å². The first-order valence-electron chi connectivity index (χ1n) is 6.31. The number of methoxy groups -OCH3 is 1. The molecule has 0 saturated carbocycles. The Kier molecular flexibility index (Phi) is 5.02. The fourth-order valence-corrected chi connectivity index (χ4v) is 1.68. The summed E-state index contributed by atoms with van der Waals surface area (Å²) in [7, 11) is 1.17. The summed E-state index contributed by atoms with van der Waals surface area (Å²) in [5.74, 6) is -1.59. The highest BCUT2D eigenvalue weighted by Crippen LogP contribution is 2.17. The third-order valence-corrected chi connectivity index (χ3v) is 2.73. The Morgan fingerprint density at radius 2 is 2.00 bits per heavy atom. The van der Waals surface area contributed by atoms with Gasteiger partial charge in [0.05, 0.1) is 12.8 Å². The Labute approximate surface area is 125 Å². The van der Waals surface area contributed by atoms with Crippen molar-refractivity contribution < 1.29 is 23.5 Å². The molecular formula is C15H13FN2O4. The molecule has 0 unspecified atom stereocenters. The van der Waals surface area contributed by atoms with Crippen LogP contribution < -0.4 is 5.32 Å². The van der Waals surface area contributed by atoms with E-state index in [2.05, 4.69) is 15.0 Å². The summed E-state index contributed by atoms with van der Waals surface area (Å²) in [6.07, 6.45) is 0.160. The Morgan fingerprint density at radius 3 is 2.68 bits per heavy atom. The maximum atomic E-state index is 13.2. The van der Waals surface area contributed by atoms with E-state index in [4.69, 9.17) is 4.74 Å². The highest BCUT2D eigenvalue weighted by Gasteiger charge is 2.16. The predicted octanol–water partition coefficient (Wildman–Crippen LogP) is 2.76. The van der Waals surface area contributed by atoms with Gasteiger partial charge >= 0.3 is 12.1 Å². The number of hydrogen-bond donors (Lipinski definition) is 1. The number of hydrogen-bond acceptors (Lipinski definition) is 5. The van der Waals surface area contributed by atoms with E-state index >= 15 is 0 Å². The lowest BCUT2D eigenvalue weighted by atomic mass is 10.2. The van der Waals surface area contributed by atoms with Gasteiger partial charge in [-0.25, -0.2) is 14.6 Å². The summed E-state index contributed by atoms with van der Waals surface area (Å²) in [6.45, 7) is 0.0494. The van der Waals surface area contributed by atoms with Crippen molar-refractivity contribution in [2.75, 3.05) is 12.4 Å². The quantitative estimate of drug-likeness (QED) is 0.694. The molecule has 1 aromatic carbocycles. The van der Waals surface area contributed by atoms with Crippen molar-refractivity contribution in [3.63, 3.8) is 0 Å². The number of carbonyl (C=O) groups is 2. The molecule has 0 saturated heterocycles. The molecule has 0 aliphatic rings. The average Bonchev–Trinajstić information content (AvgIpc) is 2.53. The molecule has 0 radical (unpaired) electrons. The predicted molar refractivity (Wildman–Crippen MR) is 75.8 cm³/mol. The van der Waals surface area contributed by atoms with Gasteiger partial charge in [0.15, 0.2) is 0 Å². The van der Waals surface area contributed by atoms with Crippen molar-refractivity contribution in [3.8, 4) is 0 Å². The molecule has 1 aromatic heterocycles. The zero-order valence-electron chi connectivity index (χ0n) is 11.7. The maximum Gasteiger partial charge on any atom is 0.411 e. The van der Waals surface area contributed by atoms with Gasteiger partial charge in [-0.1, -0.05) is 30.3 Å². The van der Waals surface area contributed by atoms with Crippen LogP contribution in [0.3, 0.4) is 0 Å². The summed E-state index contributed by atoms with van der Waals surface area (Å²) in [4.78, 5) is 26.6. The normalized spacial score (nSPS) is 9.91. The molecule has 2 aromatic rings. The Balaban J connectivity index is 2.04. The Morgan fingerprint density at radius 1 is 1.27 bits per heavy atom. The number of esters is 1.